The molecule has 2 heterocycles. The average Bonchev–Trinajstić information content (AvgIpc) is 3.32. The minimum Gasteiger partial charge on any atom is -0.497 e. The third-order valence-electron chi connectivity index (χ3n) is 10.2. The maximum absolute atomic E-state index is 7.43. The Labute approximate surface area is 323 Å². The van der Waals surface area contributed by atoms with Crippen LogP contribution in [0.4, 0.5) is 5.69 Å². The number of unbranched alkanes of at least 4 members (excludes halogenated alkanes) is 1. The maximum Gasteiger partial charge on any atom is 0.342 e. The fourth-order valence-corrected chi connectivity index (χ4v) is 11.7. The van der Waals surface area contributed by atoms with Gasteiger partial charge in [0.2, 0.25) is 0 Å². The van der Waals surface area contributed by atoms with Crippen LogP contribution in [0.3, 0.4) is 0 Å². The fourth-order valence-electron chi connectivity index (χ4n) is 7.52. The number of methoxy groups -OCH3 is 2. The summed E-state index contributed by atoms with van der Waals surface area (Å²) in [5.41, 5.74) is 5.74. The van der Waals surface area contributed by atoms with Crippen LogP contribution in [0.1, 0.15) is 84.4 Å². The Bertz CT molecular complexity index is 2210. The van der Waals surface area contributed by atoms with Gasteiger partial charge in [-0.05, 0) is 64.6 Å². The summed E-state index contributed by atoms with van der Waals surface area (Å²) in [7, 11) is 0.782. The van der Waals surface area contributed by atoms with Gasteiger partial charge >= 0.3 is 8.16 Å². The third kappa shape index (κ3) is 7.34. The van der Waals surface area contributed by atoms with Crippen molar-refractivity contribution in [2.75, 3.05) is 18.9 Å². The third-order valence-corrected chi connectivity index (χ3v) is 14.3. The molecule has 0 saturated carbocycles. The molecule has 280 valence electrons. The number of nitrogens with zero attached hydrogens (tertiary/aromatic N) is 1. The molecule has 0 fully saturated rings. The predicted molar refractivity (Wildman–Crippen MR) is 232 cm³/mol. The van der Waals surface area contributed by atoms with Crippen LogP contribution in [-0.2, 0) is 10.8 Å². The maximum atomic E-state index is 7.43. The first-order valence-corrected chi connectivity index (χ1v) is 21.5. The Morgan fingerprint density at radius 1 is 0.685 bits per heavy atom. The van der Waals surface area contributed by atoms with E-state index in [9.17, 15) is 0 Å². The second kappa shape index (κ2) is 15.4. The van der Waals surface area contributed by atoms with E-state index >= 15 is 0 Å². The SMILES string of the molecule is CCCC[C@@H]1C=Cc2cccc(P(c3ccccc3)c3ccccc3)c2N1p1oc2cc(OC)cc(C(C)(C)C)c2c2c(C(C)(C)C)cc(OC)cc2o1. The van der Waals surface area contributed by atoms with Crippen LogP contribution < -0.4 is 30.1 Å². The Kier molecular flexibility index (Phi) is 10.8. The Hall–Kier alpha value is -4.43. The largest absolute Gasteiger partial charge is 0.497 e. The van der Waals surface area contributed by atoms with E-state index < -0.39 is 16.1 Å². The molecule has 54 heavy (non-hydrogen) atoms. The number of anilines is 1. The number of fused-ring (bicyclic) bond motifs is 4. The van der Waals surface area contributed by atoms with Crippen LogP contribution in [0.25, 0.3) is 28.0 Å². The molecule has 0 aliphatic carbocycles. The van der Waals surface area contributed by atoms with Gasteiger partial charge < -0.3 is 17.9 Å². The lowest BCUT2D eigenvalue weighted by atomic mass is 9.79. The first-order chi connectivity index (χ1) is 25.9. The second-order valence-corrected chi connectivity index (χ2v) is 19.6. The van der Waals surface area contributed by atoms with Gasteiger partial charge in [0.05, 0.1) is 25.9 Å². The molecular weight excluding hydrogens is 704 g/mol. The lowest BCUT2D eigenvalue weighted by Gasteiger charge is -2.36. The highest BCUT2D eigenvalue weighted by Crippen LogP contribution is 2.52. The molecule has 0 N–H and O–H groups in total. The molecule has 1 aliphatic rings. The summed E-state index contributed by atoms with van der Waals surface area (Å²) in [6.07, 6.45) is 7.81. The van der Waals surface area contributed by atoms with Crippen molar-refractivity contribution >= 4 is 65.7 Å². The van der Waals surface area contributed by atoms with Gasteiger partial charge in [0.1, 0.15) is 22.7 Å². The molecule has 5 nitrogen and oxygen atoms in total. The zero-order valence-electron chi connectivity index (χ0n) is 33.1. The first kappa shape index (κ1) is 37.9. The summed E-state index contributed by atoms with van der Waals surface area (Å²) in [5, 5.41) is 6.00. The van der Waals surface area contributed by atoms with Crippen LogP contribution >= 0.6 is 16.1 Å². The van der Waals surface area contributed by atoms with Gasteiger partial charge in [-0.15, -0.1) is 0 Å². The molecular formula is C47H53NO4P2. The van der Waals surface area contributed by atoms with Crippen LogP contribution in [-0.4, -0.2) is 20.3 Å². The minimum absolute atomic E-state index is 0.0542. The monoisotopic (exact) mass is 757 g/mol. The first-order valence-electron chi connectivity index (χ1n) is 19.0. The second-order valence-electron chi connectivity index (χ2n) is 16.2. The summed E-state index contributed by atoms with van der Waals surface area (Å²) in [5.74, 6) is 1.53. The highest BCUT2D eigenvalue weighted by Gasteiger charge is 2.34. The summed E-state index contributed by atoms with van der Waals surface area (Å²) in [4.78, 5) is 0. The molecule has 7 heteroatoms. The zero-order valence-corrected chi connectivity index (χ0v) is 34.9. The van der Waals surface area contributed by atoms with E-state index in [1.807, 2.05) is 0 Å². The molecule has 0 radical (unpaired) electrons. The van der Waals surface area contributed by atoms with Crippen molar-refractivity contribution in [1.82, 2.24) is 0 Å². The van der Waals surface area contributed by atoms with Gasteiger partial charge in [0, 0.05) is 28.2 Å². The summed E-state index contributed by atoms with van der Waals surface area (Å²) in [6.45, 7) is 15.8. The van der Waals surface area contributed by atoms with Crippen molar-refractivity contribution in [3.8, 4) is 11.5 Å². The molecule has 1 atom stereocenters. The number of hydrogen-bond donors (Lipinski definition) is 0. The molecule has 0 saturated heterocycles. The molecule has 0 amide bonds. The number of benzene rings is 5. The molecule has 0 unspecified atom stereocenters. The highest BCUT2D eigenvalue weighted by atomic mass is 31.1. The van der Waals surface area contributed by atoms with E-state index in [4.69, 9.17) is 17.9 Å². The van der Waals surface area contributed by atoms with Gasteiger partial charge in [0.15, 0.2) is 0 Å². The highest BCUT2D eigenvalue weighted by molar-refractivity contribution is 7.80. The molecule has 6 aromatic rings. The summed E-state index contributed by atoms with van der Waals surface area (Å²) < 4.78 is 29.3. The molecule has 1 aromatic heterocycles. The number of para-hydroxylation sites is 1. The molecule has 0 bridgehead atoms. The summed E-state index contributed by atoms with van der Waals surface area (Å²) >= 11 is 0. The lowest BCUT2D eigenvalue weighted by Crippen LogP contribution is -2.35. The van der Waals surface area contributed by atoms with E-state index in [0.29, 0.717) is 0 Å². The van der Waals surface area contributed by atoms with E-state index in [2.05, 4.69) is 168 Å². The van der Waals surface area contributed by atoms with Gasteiger partial charge in [0.25, 0.3) is 0 Å². The number of ether oxygens (including phenoxy) is 2. The van der Waals surface area contributed by atoms with Crippen LogP contribution in [0, 0.1) is 0 Å². The minimum atomic E-state index is -1.76. The van der Waals surface area contributed by atoms with Crippen molar-refractivity contribution < 1.29 is 17.9 Å². The average molecular weight is 758 g/mol. The Morgan fingerprint density at radius 2 is 1.20 bits per heavy atom. The molecule has 0 spiro atoms. The molecule has 7 rings (SSSR count). The molecule has 1 aliphatic heterocycles. The smallest absolute Gasteiger partial charge is 0.342 e. The van der Waals surface area contributed by atoms with Crippen LogP contribution in [0.5, 0.6) is 11.5 Å². The van der Waals surface area contributed by atoms with Gasteiger partial charge in [-0.3, -0.25) is 4.67 Å². The van der Waals surface area contributed by atoms with Crippen molar-refractivity contribution in [2.24, 2.45) is 0 Å². The predicted octanol–water partition coefficient (Wildman–Crippen LogP) is 12.5. The van der Waals surface area contributed by atoms with E-state index in [1.165, 1.54) is 27.2 Å². The van der Waals surface area contributed by atoms with Gasteiger partial charge in [-0.2, -0.15) is 0 Å². The van der Waals surface area contributed by atoms with Crippen molar-refractivity contribution in [3.05, 3.63) is 126 Å². The molecule has 5 aromatic carbocycles. The number of rotatable bonds is 9. The standard InChI is InChI=1S/C47H53NO4P2/c1-10-11-20-33-27-26-32-19-18-25-42(53(36-21-14-12-15-22-36)37-23-16-13-17-24-37)45(32)48(33)54-51-40-30-34(49-8)28-38(46(2,3)4)43(40)44-39(47(5,6)7)29-35(50-9)31-41(44)52-54/h12-19,21-31,33H,10-11,20H2,1-9H3/t33-/m1/s1. The van der Waals surface area contributed by atoms with E-state index in [0.717, 1.165) is 63.8 Å². The topological polar surface area (TPSA) is 48.0 Å². The Balaban J connectivity index is 1.64. The Morgan fingerprint density at radius 3 is 1.67 bits per heavy atom. The van der Waals surface area contributed by atoms with Crippen LogP contribution in [0.2, 0.25) is 0 Å². The zero-order chi connectivity index (χ0) is 38.2. The number of hydrogen-bond acceptors (Lipinski definition) is 5. The van der Waals surface area contributed by atoms with Crippen molar-refractivity contribution in [3.63, 3.8) is 0 Å². The van der Waals surface area contributed by atoms with Crippen LogP contribution in [0.15, 0.2) is 118 Å². The van der Waals surface area contributed by atoms with Gasteiger partial charge in [-0.25, -0.2) is 0 Å². The van der Waals surface area contributed by atoms with E-state index in [-0.39, 0.29) is 16.9 Å². The quantitative estimate of drug-likeness (QED) is 0.137. The normalized spacial score (nSPS) is 14.5. The summed E-state index contributed by atoms with van der Waals surface area (Å²) in [6, 6.07) is 37.2. The lowest BCUT2D eigenvalue weighted by molar-refractivity contribution is 0.412. The van der Waals surface area contributed by atoms with Gasteiger partial charge in [-0.1, -0.05) is 152 Å². The van der Waals surface area contributed by atoms with Crippen molar-refractivity contribution in [2.45, 2.75) is 84.6 Å². The fraction of sp³-hybridized carbons (Fsp3) is 0.319. The van der Waals surface area contributed by atoms with Crippen molar-refractivity contribution in [1.29, 1.82) is 0 Å². The van der Waals surface area contributed by atoms with E-state index in [1.54, 1.807) is 14.2 Å².